The van der Waals surface area contributed by atoms with Crippen molar-refractivity contribution in [3.63, 3.8) is 0 Å². The summed E-state index contributed by atoms with van der Waals surface area (Å²) in [5, 5.41) is -0.272. The van der Waals surface area contributed by atoms with Gasteiger partial charge in [0.1, 0.15) is 11.6 Å². The van der Waals surface area contributed by atoms with Crippen LogP contribution in [-0.4, -0.2) is 16.8 Å². The van der Waals surface area contributed by atoms with Gasteiger partial charge in [0.2, 0.25) is 0 Å². The molecule has 86 valence electrons. The lowest BCUT2D eigenvalue weighted by atomic mass is 10.0. The molecule has 1 saturated heterocycles. The highest BCUT2D eigenvalue weighted by molar-refractivity contribution is 8.00. The minimum atomic E-state index is -0.749. The van der Waals surface area contributed by atoms with E-state index in [2.05, 4.69) is 0 Å². The van der Waals surface area contributed by atoms with E-state index in [-0.39, 0.29) is 10.8 Å². The lowest BCUT2D eigenvalue weighted by molar-refractivity contribution is 0.0980. The number of halogens is 2. The van der Waals surface area contributed by atoms with Crippen LogP contribution >= 0.6 is 11.8 Å². The number of Topliss-reactive ketones (excluding diaryl/α,β-unsaturated/α-hetero) is 1. The molecule has 1 aliphatic rings. The molecule has 1 atom stereocenters. The Labute approximate surface area is 97.2 Å². The van der Waals surface area contributed by atoms with Crippen LogP contribution in [0.2, 0.25) is 0 Å². The Morgan fingerprint density at radius 1 is 1.44 bits per heavy atom. The molecule has 16 heavy (non-hydrogen) atoms. The molecule has 1 unspecified atom stereocenters. The van der Waals surface area contributed by atoms with Gasteiger partial charge >= 0.3 is 0 Å². The minimum absolute atomic E-state index is 0.272. The van der Waals surface area contributed by atoms with Gasteiger partial charge in [0.25, 0.3) is 0 Å². The summed E-state index contributed by atoms with van der Waals surface area (Å²) in [6.07, 6.45) is 1.66. The number of carbonyl (C=O) groups is 1. The molecule has 4 heteroatoms. The standard InChI is InChI=1S/C12H12F2OS/c1-7-4-5-8(13)10(11(7)14)12(15)9-3-2-6-16-9/h4-5,9H,2-3,6H2,1H3. The van der Waals surface area contributed by atoms with E-state index >= 15 is 0 Å². The molecule has 2 rings (SSSR count). The highest BCUT2D eigenvalue weighted by Crippen LogP contribution is 2.31. The van der Waals surface area contributed by atoms with Gasteiger partial charge in [0, 0.05) is 0 Å². The summed E-state index contributed by atoms with van der Waals surface area (Å²) >= 11 is 1.49. The molecule has 1 nitrogen and oxygen atoms in total. The van der Waals surface area contributed by atoms with E-state index in [1.165, 1.54) is 24.8 Å². The van der Waals surface area contributed by atoms with Crippen LogP contribution in [0.25, 0.3) is 0 Å². The Kier molecular flexibility index (Phi) is 3.28. The van der Waals surface area contributed by atoms with E-state index in [9.17, 15) is 13.6 Å². The monoisotopic (exact) mass is 242 g/mol. The van der Waals surface area contributed by atoms with Gasteiger partial charge in [-0.05, 0) is 37.1 Å². The highest BCUT2D eigenvalue weighted by Gasteiger charge is 2.29. The fourth-order valence-corrected chi connectivity index (χ4v) is 3.05. The van der Waals surface area contributed by atoms with E-state index < -0.39 is 17.4 Å². The first kappa shape index (κ1) is 11.6. The smallest absolute Gasteiger partial charge is 0.181 e. The third-order valence-electron chi connectivity index (χ3n) is 2.75. The zero-order valence-electron chi connectivity index (χ0n) is 8.93. The van der Waals surface area contributed by atoms with Crippen molar-refractivity contribution in [2.75, 3.05) is 5.75 Å². The number of thioether (sulfide) groups is 1. The average molecular weight is 242 g/mol. The van der Waals surface area contributed by atoms with Crippen molar-refractivity contribution in [1.82, 2.24) is 0 Å². The third-order valence-corrected chi connectivity index (χ3v) is 4.13. The van der Waals surface area contributed by atoms with Crippen LogP contribution in [0.1, 0.15) is 28.8 Å². The largest absolute Gasteiger partial charge is 0.293 e. The maximum absolute atomic E-state index is 13.7. The number of benzene rings is 1. The fourth-order valence-electron chi connectivity index (χ4n) is 1.83. The van der Waals surface area contributed by atoms with Crippen molar-refractivity contribution in [3.8, 4) is 0 Å². The lowest BCUT2D eigenvalue weighted by Gasteiger charge is -2.10. The number of ketones is 1. The number of carbonyl (C=O) groups excluding carboxylic acids is 1. The van der Waals surface area contributed by atoms with Gasteiger partial charge < -0.3 is 0 Å². The van der Waals surface area contributed by atoms with Crippen LogP contribution in [0.15, 0.2) is 12.1 Å². The normalized spacial score (nSPS) is 20.1. The first-order valence-corrected chi connectivity index (χ1v) is 6.26. The predicted octanol–water partition coefficient (Wildman–Crippen LogP) is 3.35. The zero-order chi connectivity index (χ0) is 11.7. The number of aryl methyl sites for hydroxylation is 1. The molecule has 0 aromatic heterocycles. The van der Waals surface area contributed by atoms with Gasteiger partial charge in [-0.15, -0.1) is 0 Å². The molecule has 1 aromatic carbocycles. The molecule has 1 fully saturated rings. The van der Waals surface area contributed by atoms with Gasteiger partial charge in [-0.1, -0.05) is 6.07 Å². The molecular formula is C12H12F2OS. The molecule has 0 N–H and O–H groups in total. The molecule has 0 amide bonds. The summed E-state index contributed by atoms with van der Waals surface area (Å²) in [5.74, 6) is -0.967. The summed E-state index contributed by atoms with van der Waals surface area (Å²) in [7, 11) is 0. The third kappa shape index (κ3) is 1.98. The Morgan fingerprint density at radius 3 is 2.81 bits per heavy atom. The van der Waals surface area contributed by atoms with Crippen molar-refractivity contribution in [1.29, 1.82) is 0 Å². The highest BCUT2D eigenvalue weighted by atomic mass is 32.2. The molecule has 0 radical (unpaired) electrons. The Hall–Kier alpha value is -0.900. The van der Waals surface area contributed by atoms with Crippen molar-refractivity contribution in [3.05, 3.63) is 34.9 Å². The second kappa shape index (κ2) is 4.53. The van der Waals surface area contributed by atoms with Crippen LogP contribution in [0.3, 0.4) is 0 Å². The predicted molar refractivity (Wildman–Crippen MR) is 60.9 cm³/mol. The second-order valence-corrected chi connectivity index (χ2v) is 5.23. The molecule has 0 saturated carbocycles. The number of rotatable bonds is 2. The first-order valence-electron chi connectivity index (χ1n) is 5.21. The van der Waals surface area contributed by atoms with Crippen molar-refractivity contribution < 1.29 is 13.6 Å². The van der Waals surface area contributed by atoms with Gasteiger partial charge in [-0.25, -0.2) is 8.78 Å². The van der Waals surface area contributed by atoms with E-state index in [4.69, 9.17) is 0 Å². The molecule has 1 heterocycles. The van der Waals surface area contributed by atoms with E-state index in [0.717, 1.165) is 24.7 Å². The van der Waals surface area contributed by atoms with Crippen molar-refractivity contribution in [2.24, 2.45) is 0 Å². The fraction of sp³-hybridized carbons (Fsp3) is 0.417. The molecule has 1 aliphatic heterocycles. The Balaban J connectivity index is 2.39. The summed E-state index contributed by atoms with van der Waals surface area (Å²) in [4.78, 5) is 11.9. The lowest BCUT2D eigenvalue weighted by Crippen LogP contribution is -2.18. The second-order valence-electron chi connectivity index (χ2n) is 3.92. The summed E-state index contributed by atoms with van der Waals surface area (Å²) < 4.78 is 27.2. The molecule has 1 aromatic rings. The van der Waals surface area contributed by atoms with Crippen LogP contribution in [-0.2, 0) is 0 Å². The van der Waals surface area contributed by atoms with Crippen molar-refractivity contribution >= 4 is 17.5 Å². The maximum Gasteiger partial charge on any atom is 0.181 e. The number of hydrogen-bond donors (Lipinski definition) is 0. The minimum Gasteiger partial charge on any atom is -0.293 e. The van der Waals surface area contributed by atoms with Crippen LogP contribution < -0.4 is 0 Å². The summed E-state index contributed by atoms with van der Waals surface area (Å²) in [6, 6.07) is 2.51. The van der Waals surface area contributed by atoms with Crippen LogP contribution in [0.5, 0.6) is 0 Å². The van der Waals surface area contributed by atoms with E-state index in [1.807, 2.05) is 0 Å². The summed E-state index contributed by atoms with van der Waals surface area (Å²) in [6.45, 7) is 1.54. The van der Waals surface area contributed by atoms with Gasteiger partial charge in [0.15, 0.2) is 5.78 Å². The topological polar surface area (TPSA) is 17.1 Å². The van der Waals surface area contributed by atoms with Gasteiger partial charge in [0.05, 0.1) is 10.8 Å². The zero-order valence-corrected chi connectivity index (χ0v) is 9.74. The van der Waals surface area contributed by atoms with Crippen LogP contribution in [0.4, 0.5) is 8.78 Å². The van der Waals surface area contributed by atoms with E-state index in [0.29, 0.717) is 5.56 Å². The SMILES string of the molecule is Cc1ccc(F)c(C(=O)C2CCCS2)c1F. The quantitative estimate of drug-likeness (QED) is 0.740. The first-order chi connectivity index (χ1) is 7.61. The molecule has 0 bridgehead atoms. The average Bonchev–Trinajstić information content (AvgIpc) is 2.77. The molecule has 0 aliphatic carbocycles. The van der Waals surface area contributed by atoms with Crippen molar-refractivity contribution in [2.45, 2.75) is 25.0 Å². The van der Waals surface area contributed by atoms with Gasteiger partial charge in [-0.3, -0.25) is 4.79 Å². The Morgan fingerprint density at radius 2 is 2.19 bits per heavy atom. The summed E-state index contributed by atoms with van der Waals surface area (Å²) in [5.41, 5.74) is -0.0489. The molecular weight excluding hydrogens is 230 g/mol. The Bertz CT molecular complexity index is 425. The maximum atomic E-state index is 13.7. The van der Waals surface area contributed by atoms with E-state index in [1.54, 1.807) is 0 Å². The molecule has 0 spiro atoms. The number of hydrogen-bond acceptors (Lipinski definition) is 2. The van der Waals surface area contributed by atoms with Gasteiger partial charge in [-0.2, -0.15) is 11.8 Å². The van der Waals surface area contributed by atoms with Crippen LogP contribution in [0, 0.1) is 18.6 Å².